The number of likely N-dealkylation sites (N-methyl/N-ethyl adjacent to an activating group) is 1. The van der Waals surface area contributed by atoms with Gasteiger partial charge in [-0.15, -0.1) is 0 Å². The first-order valence-electron chi connectivity index (χ1n) is 15.0. The van der Waals surface area contributed by atoms with Crippen LogP contribution in [0.2, 0.25) is 0 Å². The molecule has 2 nitrogen and oxygen atoms in total. The molecule has 0 aromatic heterocycles. The first-order valence-corrected chi connectivity index (χ1v) is 15.0. The van der Waals surface area contributed by atoms with Crippen LogP contribution >= 0.6 is 0 Å². The molecule has 0 aliphatic carbocycles. The number of benzene rings is 5. The number of hydrogen-bond donors (Lipinski definition) is 0. The lowest BCUT2D eigenvalue weighted by Crippen LogP contribution is -2.37. The SMILES string of the molecule is CN1c2ccc3ccccc3c2C(C)(C)C1/C=C/c1cccc(/C=C/C2=[N+](C)c3ccc4ccccc4c3C2(C)C)c1. The number of hydrogen-bond acceptors (Lipinski definition) is 1. The summed E-state index contributed by atoms with van der Waals surface area (Å²) in [7, 11) is 4.43. The predicted molar refractivity (Wildman–Crippen MR) is 182 cm³/mol. The molecule has 208 valence electrons. The van der Waals surface area contributed by atoms with Gasteiger partial charge in [0.15, 0.2) is 5.71 Å². The molecule has 1 unspecified atom stereocenters. The lowest BCUT2D eigenvalue weighted by atomic mass is 9.78. The van der Waals surface area contributed by atoms with Crippen LogP contribution in [0.1, 0.15) is 49.9 Å². The van der Waals surface area contributed by atoms with Crippen molar-refractivity contribution < 1.29 is 4.58 Å². The Morgan fingerprint density at radius 3 is 2.00 bits per heavy atom. The van der Waals surface area contributed by atoms with Gasteiger partial charge in [0.25, 0.3) is 0 Å². The Hall–Kier alpha value is -4.43. The van der Waals surface area contributed by atoms with E-state index < -0.39 is 0 Å². The van der Waals surface area contributed by atoms with Crippen molar-refractivity contribution in [2.24, 2.45) is 0 Å². The third-order valence-electron chi connectivity index (χ3n) is 9.80. The van der Waals surface area contributed by atoms with Crippen molar-refractivity contribution >= 4 is 50.8 Å². The largest absolute Gasteiger partial charge is 0.367 e. The van der Waals surface area contributed by atoms with Crippen molar-refractivity contribution in [1.29, 1.82) is 0 Å². The van der Waals surface area contributed by atoms with E-state index in [4.69, 9.17) is 0 Å². The number of rotatable bonds is 4. The standard InChI is InChI=1S/C40H39N2/c1-39(2)35(41(5)33-22-20-29-14-7-9-16-31(29)37(33)39)24-18-27-12-11-13-28(26-27)19-25-36-40(3,4)38-32-17-10-8-15-30(32)21-23-34(38)42(36)6/h7-26,35H,1-6H3/q+1/b24-18+,25-19+. The quantitative estimate of drug-likeness (QED) is 0.203. The molecule has 0 spiro atoms. The van der Waals surface area contributed by atoms with Crippen LogP contribution in [-0.2, 0) is 10.8 Å². The van der Waals surface area contributed by atoms with Gasteiger partial charge in [-0.05, 0) is 76.4 Å². The lowest BCUT2D eigenvalue weighted by Gasteiger charge is -2.30. The highest BCUT2D eigenvalue weighted by Gasteiger charge is 2.44. The average Bonchev–Trinajstić information content (AvgIpc) is 3.32. The predicted octanol–water partition coefficient (Wildman–Crippen LogP) is 9.52. The Morgan fingerprint density at radius 2 is 1.29 bits per heavy atom. The minimum atomic E-state index is -0.0865. The van der Waals surface area contributed by atoms with Gasteiger partial charge in [0.2, 0.25) is 5.69 Å². The molecule has 0 fully saturated rings. The van der Waals surface area contributed by atoms with Crippen molar-refractivity contribution in [3.63, 3.8) is 0 Å². The zero-order valence-electron chi connectivity index (χ0n) is 25.5. The maximum absolute atomic E-state index is 2.44. The van der Waals surface area contributed by atoms with Gasteiger partial charge in [-0.25, -0.2) is 0 Å². The molecule has 2 aliphatic heterocycles. The van der Waals surface area contributed by atoms with Crippen LogP contribution < -0.4 is 4.90 Å². The van der Waals surface area contributed by atoms with Crippen LogP contribution in [0.25, 0.3) is 33.7 Å². The van der Waals surface area contributed by atoms with Crippen molar-refractivity contribution in [1.82, 2.24) is 0 Å². The highest BCUT2D eigenvalue weighted by atomic mass is 15.2. The molecular formula is C40H39N2+. The minimum Gasteiger partial charge on any atom is -0.367 e. The van der Waals surface area contributed by atoms with Gasteiger partial charge in [0.05, 0.1) is 11.5 Å². The minimum absolute atomic E-state index is 0.00653. The van der Waals surface area contributed by atoms with Crippen LogP contribution in [0.4, 0.5) is 11.4 Å². The molecule has 7 rings (SSSR count). The molecular weight excluding hydrogens is 508 g/mol. The fourth-order valence-electron chi connectivity index (χ4n) is 7.72. The monoisotopic (exact) mass is 547 g/mol. The maximum Gasteiger partial charge on any atom is 0.210 e. The zero-order valence-corrected chi connectivity index (χ0v) is 25.5. The second-order valence-corrected chi connectivity index (χ2v) is 13.1. The van der Waals surface area contributed by atoms with Crippen molar-refractivity contribution in [2.45, 2.75) is 44.6 Å². The third-order valence-corrected chi connectivity index (χ3v) is 9.80. The molecule has 0 saturated heterocycles. The first kappa shape index (κ1) is 26.5. The third kappa shape index (κ3) is 3.96. The highest BCUT2D eigenvalue weighted by molar-refractivity contribution is 6.09. The second kappa shape index (κ2) is 9.56. The van der Waals surface area contributed by atoms with Gasteiger partial charge >= 0.3 is 0 Å². The van der Waals surface area contributed by atoms with Crippen molar-refractivity contribution in [3.8, 4) is 0 Å². The Bertz CT molecular complexity index is 1970. The van der Waals surface area contributed by atoms with Crippen LogP contribution in [0.15, 0.2) is 109 Å². The van der Waals surface area contributed by atoms with E-state index in [1.54, 1.807) is 0 Å². The topological polar surface area (TPSA) is 6.25 Å². The molecule has 5 aromatic carbocycles. The summed E-state index contributed by atoms with van der Waals surface area (Å²) in [4.78, 5) is 2.44. The molecule has 0 radical (unpaired) electrons. The zero-order chi connectivity index (χ0) is 29.2. The van der Waals surface area contributed by atoms with Gasteiger partial charge in [-0.1, -0.05) is 98.8 Å². The molecule has 0 saturated carbocycles. The van der Waals surface area contributed by atoms with E-state index in [0.29, 0.717) is 0 Å². The summed E-state index contributed by atoms with van der Waals surface area (Å²) in [5, 5.41) is 5.32. The van der Waals surface area contributed by atoms with Crippen LogP contribution in [0, 0.1) is 0 Å². The van der Waals surface area contributed by atoms with Gasteiger partial charge in [-0.2, -0.15) is 4.58 Å². The van der Waals surface area contributed by atoms with Crippen LogP contribution in [0.5, 0.6) is 0 Å². The van der Waals surface area contributed by atoms with E-state index in [0.717, 1.165) is 0 Å². The summed E-state index contributed by atoms with van der Waals surface area (Å²) in [5.41, 5.74) is 9.15. The van der Waals surface area contributed by atoms with Crippen molar-refractivity contribution in [2.75, 3.05) is 19.0 Å². The average molecular weight is 548 g/mol. The summed E-state index contributed by atoms with van der Waals surface area (Å²) >= 11 is 0. The van der Waals surface area contributed by atoms with E-state index in [1.807, 2.05) is 0 Å². The molecule has 0 N–H and O–H groups in total. The highest BCUT2D eigenvalue weighted by Crippen LogP contribution is 2.48. The number of nitrogens with zero attached hydrogens (tertiary/aromatic N) is 2. The Kier molecular flexibility index (Phi) is 6.02. The fraction of sp³-hybridized carbons (Fsp3) is 0.225. The molecule has 2 heterocycles. The smallest absolute Gasteiger partial charge is 0.210 e. The Balaban J connectivity index is 1.17. The van der Waals surface area contributed by atoms with Gasteiger partial charge in [0, 0.05) is 35.9 Å². The molecule has 0 bridgehead atoms. The van der Waals surface area contributed by atoms with E-state index >= 15 is 0 Å². The number of fused-ring (bicyclic) bond motifs is 6. The Labute approximate surface area is 249 Å². The van der Waals surface area contributed by atoms with E-state index in [-0.39, 0.29) is 16.9 Å². The van der Waals surface area contributed by atoms with Crippen LogP contribution in [-0.4, -0.2) is 30.4 Å². The molecule has 42 heavy (non-hydrogen) atoms. The summed E-state index contributed by atoms with van der Waals surface area (Å²) in [6, 6.07) is 35.7. The van der Waals surface area contributed by atoms with Gasteiger partial charge < -0.3 is 4.90 Å². The summed E-state index contributed by atoms with van der Waals surface area (Å²) in [5.74, 6) is 0. The Morgan fingerprint density at radius 1 is 0.667 bits per heavy atom. The molecule has 0 amide bonds. The lowest BCUT2D eigenvalue weighted by molar-refractivity contribution is -0.401. The normalized spacial score (nSPS) is 19.0. The summed E-state index contributed by atoms with van der Waals surface area (Å²) < 4.78 is 2.36. The number of allylic oxidation sites excluding steroid dienone is 1. The maximum atomic E-state index is 2.44. The molecule has 2 aliphatic rings. The van der Waals surface area contributed by atoms with Gasteiger partial charge in [0.1, 0.15) is 7.05 Å². The van der Waals surface area contributed by atoms with Gasteiger partial charge in [-0.3, -0.25) is 0 Å². The first-order chi connectivity index (χ1) is 20.2. The second-order valence-electron chi connectivity index (χ2n) is 13.1. The molecule has 1 atom stereocenters. The number of anilines is 1. The molecule has 2 heteroatoms. The molecule has 5 aromatic rings. The fourth-order valence-corrected chi connectivity index (χ4v) is 7.72. The van der Waals surface area contributed by atoms with Crippen molar-refractivity contribution in [3.05, 3.63) is 131 Å². The van der Waals surface area contributed by atoms with E-state index in [1.165, 1.54) is 60.9 Å². The summed E-state index contributed by atoms with van der Waals surface area (Å²) in [6.07, 6.45) is 9.27. The summed E-state index contributed by atoms with van der Waals surface area (Å²) in [6.45, 7) is 9.46. The van der Waals surface area contributed by atoms with E-state index in [9.17, 15) is 0 Å². The van der Waals surface area contributed by atoms with E-state index in [2.05, 4.69) is 173 Å². The van der Waals surface area contributed by atoms with Crippen LogP contribution in [0.3, 0.4) is 0 Å².